The molecule has 0 saturated heterocycles. The summed E-state index contributed by atoms with van der Waals surface area (Å²) in [5, 5.41) is 9.49. The predicted octanol–water partition coefficient (Wildman–Crippen LogP) is 0.467. The highest BCUT2D eigenvalue weighted by Crippen LogP contribution is 2.08. The molecule has 0 heterocycles. The van der Waals surface area contributed by atoms with Gasteiger partial charge in [0.05, 0.1) is 20.6 Å². The van der Waals surface area contributed by atoms with Crippen molar-refractivity contribution in [1.29, 1.82) is 0 Å². The lowest BCUT2D eigenvalue weighted by molar-refractivity contribution is -0.144. The molecular weight excluding hydrogens is 571 g/mol. The van der Waals surface area contributed by atoms with E-state index in [-0.39, 0.29) is 19.4 Å². The van der Waals surface area contributed by atoms with Gasteiger partial charge < -0.3 is 35.5 Å². The molecule has 0 saturated carbocycles. The smallest absolute Gasteiger partial charge is 0.408 e. The van der Waals surface area contributed by atoms with Crippen LogP contribution in [-0.4, -0.2) is 86.6 Å². The molecular formula is C28H39FN4O10. The van der Waals surface area contributed by atoms with Crippen molar-refractivity contribution in [3.8, 4) is 0 Å². The van der Waals surface area contributed by atoms with E-state index in [2.05, 4.69) is 30.7 Å². The molecule has 1 unspecified atom stereocenters. The van der Waals surface area contributed by atoms with E-state index in [1.54, 1.807) is 44.2 Å². The fourth-order valence-electron chi connectivity index (χ4n) is 3.58. The summed E-state index contributed by atoms with van der Waals surface area (Å²) >= 11 is 0. The number of hydrogen-bond donors (Lipinski definition) is 4. The SMILES string of the molecule is COC(=O)CC[C@H](NC(=O)[C@H](C)NC(=O)OCc1ccccc1)C(=O)NC(C(=O)N[C@@H](CC(=O)OC)C(=O)CF)C(C)C. The first-order valence-electron chi connectivity index (χ1n) is 13.4. The molecule has 0 spiro atoms. The summed E-state index contributed by atoms with van der Waals surface area (Å²) in [6.07, 6.45) is -2.02. The van der Waals surface area contributed by atoms with E-state index in [1.807, 2.05) is 0 Å². The van der Waals surface area contributed by atoms with Gasteiger partial charge in [0.15, 0.2) is 5.78 Å². The highest BCUT2D eigenvalue weighted by molar-refractivity contribution is 5.97. The van der Waals surface area contributed by atoms with Crippen molar-refractivity contribution in [2.75, 3.05) is 20.9 Å². The molecule has 0 fully saturated rings. The number of ketones is 1. The van der Waals surface area contributed by atoms with Gasteiger partial charge in [-0.1, -0.05) is 44.2 Å². The van der Waals surface area contributed by atoms with E-state index in [9.17, 15) is 38.0 Å². The normalized spacial score (nSPS) is 13.4. The molecule has 4 N–H and O–H groups in total. The van der Waals surface area contributed by atoms with Crippen molar-refractivity contribution >= 4 is 41.5 Å². The largest absolute Gasteiger partial charge is 0.469 e. The number of Topliss-reactive ketones (excluding diaryl/α,β-unsaturated/α-hetero) is 1. The maximum absolute atomic E-state index is 13.2. The van der Waals surface area contributed by atoms with Gasteiger partial charge in [0.1, 0.15) is 37.4 Å². The Morgan fingerprint density at radius 1 is 0.767 bits per heavy atom. The number of rotatable bonds is 17. The van der Waals surface area contributed by atoms with E-state index in [0.29, 0.717) is 0 Å². The van der Waals surface area contributed by atoms with E-state index in [0.717, 1.165) is 19.8 Å². The lowest BCUT2D eigenvalue weighted by Crippen LogP contribution is -2.59. The summed E-state index contributed by atoms with van der Waals surface area (Å²) in [6.45, 7) is 3.01. The van der Waals surface area contributed by atoms with Gasteiger partial charge in [-0.25, -0.2) is 9.18 Å². The lowest BCUT2D eigenvalue weighted by atomic mass is 10.0. The number of halogens is 1. The Labute approximate surface area is 248 Å². The number of carbonyl (C=O) groups is 7. The zero-order chi connectivity index (χ0) is 32.5. The summed E-state index contributed by atoms with van der Waals surface area (Å²) in [5.74, 6) is -5.73. The fraction of sp³-hybridized carbons (Fsp3) is 0.536. The molecule has 4 amide bonds. The molecule has 0 aliphatic heterocycles. The summed E-state index contributed by atoms with van der Waals surface area (Å²) in [4.78, 5) is 86.6. The quantitative estimate of drug-likeness (QED) is 0.142. The third-order valence-corrected chi connectivity index (χ3v) is 6.12. The molecule has 43 heavy (non-hydrogen) atoms. The number of alkyl halides is 1. The van der Waals surface area contributed by atoms with Gasteiger partial charge in [-0.05, 0) is 24.8 Å². The molecule has 15 heteroatoms. The van der Waals surface area contributed by atoms with Gasteiger partial charge in [0, 0.05) is 6.42 Å². The summed E-state index contributed by atoms with van der Waals surface area (Å²) in [7, 11) is 2.21. The molecule has 0 aliphatic carbocycles. The number of esters is 2. The third-order valence-electron chi connectivity index (χ3n) is 6.12. The minimum absolute atomic E-state index is 0.0404. The van der Waals surface area contributed by atoms with Crippen LogP contribution in [0.25, 0.3) is 0 Å². The van der Waals surface area contributed by atoms with Crippen LogP contribution in [-0.2, 0) is 49.6 Å². The van der Waals surface area contributed by atoms with Gasteiger partial charge >= 0.3 is 18.0 Å². The number of benzene rings is 1. The molecule has 14 nitrogen and oxygen atoms in total. The van der Waals surface area contributed by atoms with Crippen molar-refractivity contribution in [2.24, 2.45) is 5.92 Å². The van der Waals surface area contributed by atoms with Crippen LogP contribution in [0.4, 0.5) is 9.18 Å². The van der Waals surface area contributed by atoms with Gasteiger partial charge in [-0.15, -0.1) is 0 Å². The monoisotopic (exact) mass is 610 g/mol. The van der Waals surface area contributed by atoms with Crippen LogP contribution in [0.1, 0.15) is 45.6 Å². The second-order valence-corrected chi connectivity index (χ2v) is 9.78. The van der Waals surface area contributed by atoms with Crippen LogP contribution in [0.5, 0.6) is 0 Å². The van der Waals surface area contributed by atoms with Gasteiger partial charge in [-0.2, -0.15) is 0 Å². The van der Waals surface area contributed by atoms with Crippen LogP contribution in [0.3, 0.4) is 0 Å². The van der Waals surface area contributed by atoms with Crippen molar-refractivity contribution in [1.82, 2.24) is 21.3 Å². The molecule has 1 rings (SSSR count). The maximum Gasteiger partial charge on any atom is 0.408 e. The Kier molecular flexibility index (Phi) is 15.9. The van der Waals surface area contributed by atoms with Crippen LogP contribution >= 0.6 is 0 Å². The van der Waals surface area contributed by atoms with Crippen LogP contribution in [0.2, 0.25) is 0 Å². The predicted molar refractivity (Wildman–Crippen MR) is 149 cm³/mol. The first-order chi connectivity index (χ1) is 20.3. The van der Waals surface area contributed by atoms with E-state index >= 15 is 0 Å². The standard InChI is InChI=1S/C28H39FN4O10/c1-16(2)24(27(39)32-20(21(34)14-29)13-23(36)42-5)33-26(38)19(11-12-22(35)41-4)31-25(37)17(3)30-28(40)43-15-18-9-7-6-8-10-18/h6-10,16-17,19-20,24H,11-15H2,1-5H3,(H,30,40)(H,31,37)(H,32,39)(H,33,38)/t17-,19-,20-,24?/m0/s1. The molecule has 238 valence electrons. The maximum atomic E-state index is 13.2. The topological polar surface area (TPSA) is 195 Å². The van der Waals surface area contributed by atoms with E-state index in [1.165, 1.54) is 6.92 Å². The second kappa shape index (κ2) is 18.8. The van der Waals surface area contributed by atoms with Crippen LogP contribution in [0.15, 0.2) is 30.3 Å². The van der Waals surface area contributed by atoms with Crippen molar-refractivity contribution in [3.05, 3.63) is 35.9 Å². The first-order valence-corrected chi connectivity index (χ1v) is 13.4. The van der Waals surface area contributed by atoms with Crippen LogP contribution in [0, 0.1) is 5.92 Å². The Balaban J connectivity index is 2.96. The zero-order valence-corrected chi connectivity index (χ0v) is 24.8. The number of ether oxygens (including phenoxy) is 3. The third kappa shape index (κ3) is 13.3. The Morgan fingerprint density at radius 3 is 1.93 bits per heavy atom. The fourth-order valence-corrected chi connectivity index (χ4v) is 3.58. The van der Waals surface area contributed by atoms with E-state index < -0.39 is 84.7 Å². The minimum Gasteiger partial charge on any atom is -0.469 e. The molecule has 1 aromatic rings. The zero-order valence-electron chi connectivity index (χ0n) is 24.8. The molecule has 0 aliphatic rings. The number of carbonyl (C=O) groups excluding carboxylic acids is 7. The number of hydrogen-bond acceptors (Lipinski definition) is 10. The number of amides is 4. The Hall–Kier alpha value is -4.56. The van der Waals surface area contributed by atoms with Gasteiger partial charge in [0.25, 0.3) is 0 Å². The average molecular weight is 611 g/mol. The molecule has 0 radical (unpaired) electrons. The molecule has 1 aromatic carbocycles. The second-order valence-electron chi connectivity index (χ2n) is 9.78. The summed E-state index contributed by atoms with van der Waals surface area (Å²) < 4.78 is 27.2. The minimum atomic E-state index is -1.54. The van der Waals surface area contributed by atoms with Crippen molar-refractivity contribution in [3.63, 3.8) is 0 Å². The average Bonchev–Trinajstić information content (AvgIpc) is 2.99. The summed E-state index contributed by atoms with van der Waals surface area (Å²) in [6, 6.07) is 3.48. The van der Waals surface area contributed by atoms with Crippen molar-refractivity contribution < 1.29 is 52.2 Å². The van der Waals surface area contributed by atoms with Crippen LogP contribution < -0.4 is 21.3 Å². The molecule has 4 atom stereocenters. The highest BCUT2D eigenvalue weighted by atomic mass is 19.1. The van der Waals surface area contributed by atoms with Crippen molar-refractivity contribution in [2.45, 2.75) is 70.8 Å². The molecule has 0 aromatic heterocycles. The first kappa shape index (κ1) is 36.5. The number of methoxy groups -OCH3 is 2. The van der Waals surface area contributed by atoms with Gasteiger partial charge in [0.2, 0.25) is 17.7 Å². The van der Waals surface area contributed by atoms with Gasteiger partial charge in [-0.3, -0.25) is 28.8 Å². The Morgan fingerprint density at radius 2 is 1.37 bits per heavy atom. The number of alkyl carbamates (subject to hydrolysis) is 1. The molecule has 0 bridgehead atoms. The Bertz CT molecular complexity index is 1130. The van der Waals surface area contributed by atoms with E-state index in [4.69, 9.17) is 4.74 Å². The highest BCUT2D eigenvalue weighted by Gasteiger charge is 2.33. The number of nitrogens with one attached hydrogen (secondary N) is 4. The summed E-state index contributed by atoms with van der Waals surface area (Å²) in [5.41, 5.74) is 0.726. The lowest BCUT2D eigenvalue weighted by Gasteiger charge is -2.27.